The number of rotatable bonds is 5. The zero-order valence-corrected chi connectivity index (χ0v) is 14.4. The average molecular weight is 394 g/mol. The minimum absolute atomic E-state index is 0.128. The fourth-order valence-corrected chi connectivity index (χ4v) is 3.48. The van der Waals surface area contributed by atoms with Crippen molar-refractivity contribution in [3.8, 4) is 0 Å². The number of carbonyl (C=O) groups excluding carboxylic acids is 1. The van der Waals surface area contributed by atoms with E-state index < -0.39 is 16.0 Å². The lowest BCUT2D eigenvalue weighted by molar-refractivity contribution is 0.0446. The zero-order valence-electron chi connectivity index (χ0n) is 11.2. The highest BCUT2D eigenvalue weighted by molar-refractivity contribution is 9.11. The van der Waals surface area contributed by atoms with Gasteiger partial charge in [-0.05, 0) is 40.2 Å². The molecule has 0 spiro atoms. The van der Waals surface area contributed by atoms with E-state index in [2.05, 4.69) is 15.9 Å². The molecule has 9 heteroatoms. The SMILES string of the molecule is CN(C)S(=O)(=O)c1ccc(COC(=O)c2ccc(Br)s2)o1. The number of carbonyl (C=O) groups is 1. The van der Waals surface area contributed by atoms with Crippen LogP contribution >= 0.6 is 27.3 Å². The summed E-state index contributed by atoms with van der Waals surface area (Å²) in [7, 11) is -0.804. The van der Waals surface area contributed by atoms with E-state index >= 15 is 0 Å². The van der Waals surface area contributed by atoms with Gasteiger partial charge in [0, 0.05) is 14.1 Å². The van der Waals surface area contributed by atoms with Crippen molar-refractivity contribution in [3.63, 3.8) is 0 Å². The highest BCUT2D eigenvalue weighted by atomic mass is 79.9. The van der Waals surface area contributed by atoms with Crippen molar-refractivity contribution < 1.29 is 22.4 Å². The molecule has 0 radical (unpaired) electrons. The maximum atomic E-state index is 11.8. The lowest BCUT2D eigenvalue weighted by Crippen LogP contribution is -2.21. The molecule has 0 saturated carbocycles. The second-order valence-corrected chi connectivity index (χ2v) is 8.73. The summed E-state index contributed by atoms with van der Waals surface area (Å²) in [5.41, 5.74) is 0. The summed E-state index contributed by atoms with van der Waals surface area (Å²) in [6, 6.07) is 6.19. The molecule has 21 heavy (non-hydrogen) atoms. The van der Waals surface area contributed by atoms with Crippen LogP contribution < -0.4 is 0 Å². The first-order chi connectivity index (χ1) is 9.80. The Morgan fingerprint density at radius 3 is 2.62 bits per heavy atom. The molecule has 0 aliphatic heterocycles. The molecule has 0 fully saturated rings. The van der Waals surface area contributed by atoms with E-state index in [0.717, 1.165) is 8.09 Å². The fraction of sp³-hybridized carbons (Fsp3) is 0.250. The van der Waals surface area contributed by atoms with E-state index in [1.165, 1.54) is 37.6 Å². The van der Waals surface area contributed by atoms with Crippen molar-refractivity contribution in [2.45, 2.75) is 11.7 Å². The van der Waals surface area contributed by atoms with Crippen LogP contribution in [0.1, 0.15) is 15.4 Å². The number of hydrogen-bond acceptors (Lipinski definition) is 6. The number of nitrogens with zero attached hydrogens (tertiary/aromatic N) is 1. The van der Waals surface area contributed by atoms with Gasteiger partial charge in [-0.25, -0.2) is 17.5 Å². The molecule has 0 N–H and O–H groups in total. The largest absolute Gasteiger partial charge is 0.453 e. The summed E-state index contributed by atoms with van der Waals surface area (Å²) in [4.78, 5) is 12.2. The van der Waals surface area contributed by atoms with Crippen molar-refractivity contribution in [1.29, 1.82) is 0 Å². The molecule has 0 amide bonds. The number of hydrogen-bond donors (Lipinski definition) is 0. The van der Waals surface area contributed by atoms with Gasteiger partial charge in [-0.2, -0.15) is 0 Å². The van der Waals surface area contributed by atoms with E-state index in [1.807, 2.05) is 0 Å². The van der Waals surface area contributed by atoms with Crippen molar-refractivity contribution in [3.05, 3.63) is 38.7 Å². The van der Waals surface area contributed by atoms with Crippen molar-refractivity contribution in [2.24, 2.45) is 0 Å². The molecule has 2 aromatic heterocycles. The Kier molecular flexibility index (Phi) is 4.87. The van der Waals surface area contributed by atoms with E-state index in [1.54, 1.807) is 12.1 Å². The molecule has 0 aliphatic carbocycles. The summed E-state index contributed by atoms with van der Waals surface area (Å²) >= 11 is 4.51. The van der Waals surface area contributed by atoms with E-state index in [-0.39, 0.29) is 17.5 Å². The first kappa shape index (κ1) is 16.2. The molecule has 0 bridgehead atoms. The number of furan rings is 1. The topological polar surface area (TPSA) is 76.8 Å². The lowest BCUT2D eigenvalue weighted by Gasteiger charge is -2.07. The number of halogens is 1. The Labute approximate surface area is 134 Å². The van der Waals surface area contributed by atoms with E-state index in [4.69, 9.17) is 9.15 Å². The maximum absolute atomic E-state index is 11.8. The van der Waals surface area contributed by atoms with Crippen molar-refractivity contribution >= 4 is 43.3 Å². The number of thiophene rings is 1. The first-order valence-electron chi connectivity index (χ1n) is 5.74. The predicted molar refractivity (Wildman–Crippen MR) is 80.7 cm³/mol. The Morgan fingerprint density at radius 1 is 1.33 bits per heavy atom. The zero-order chi connectivity index (χ0) is 15.6. The highest BCUT2D eigenvalue weighted by Gasteiger charge is 2.22. The normalized spacial score (nSPS) is 11.8. The summed E-state index contributed by atoms with van der Waals surface area (Å²) in [6.07, 6.45) is 0. The van der Waals surface area contributed by atoms with Gasteiger partial charge in [0.25, 0.3) is 10.0 Å². The van der Waals surface area contributed by atoms with E-state index in [0.29, 0.717) is 4.88 Å². The number of sulfonamides is 1. The second kappa shape index (κ2) is 6.30. The molecule has 0 aliphatic rings. The Balaban J connectivity index is 2.02. The molecule has 0 unspecified atom stereocenters. The van der Waals surface area contributed by atoms with Crippen LogP contribution in [0.2, 0.25) is 0 Å². The third kappa shape index (κ3) is 3.73. The van der Waals surface area contributed by atoms with Crippen molar-refractivity contribution in [1.82, 2.24) is 4.31 Å². The van der Waals surface area contributed by atoms with Crippen LogP contribution in [0.5, 0.6) is 0 Å². The number of ether oxygens (including phenoxy) is 1. The van der Waals surface area contributed by atoms with Gasteiger partial charge in [0.15, 0.2) is 0 Å². The highest BCUT2D eigenvalue weighted by Crippen LogP contribution is 2.23. The Hall–Kier alpha value is -1.16. The van der Waals surface area contributed by atoms with Crippen LogP contribution in [-0.2, 0) is 21.4 Å². The maximum Gasteiger partial charge on any atom is 0.348 e. The standard InChI is InChI=1S/C12H12BrNO5S2/c1-14(2)21(16,17)11-6-3-8(19-11)7-18-12(15)9-4-5-10(13)20-9/h3-6H,7H2,1-2H3. The minimum atomic E-state index is -3.62. The van der Waals surface area contributed by atoms with Gasteiger partial charge < -0.3 is 9.15 Å². The monoisotopic (exact) mass is 393 g/mol. The van der Waals surface area contributed by atoms with Gasteiger partial charge in [-0.3, -0.25) is 0 Å². The predicted octanol–water partition coefficient (Wildman–Crippen LogP) is 2.71. The first-order valence-corrected chi connectivity index (χ1v) is 8.79. The molecule has 6 nitrogen and oxygen atoms in total. The summed E-state index contributed by atoms with van der Waals surface area (Å²) in [5.74, 6) is -0.224. The summed E-state index contributed by atoms with van der Waals surface area (Å²) in [6.45, 7) is -0.128. The Bertz CT molecular complexity index is 747. The molecule has 114 valence electrons. The van der Waals surface area contributed by atoms with Gasteiger partial charge in [-0.1, -0.05) is 0 Å². The van der Waals surface area contributed by atoms with E-state index in [9.17, 15) is 13.2 Å². The van der Waals surface area contributed by atoms with Crippen LogP contribution in [0.25, 0.3) is 0 Å². The third-order valence-corrected chi connectivity index (χ3v) is 5.78. The molecule has 0 saturated heterocycles. The van der Waals surface area contributed by atoms with Gasteiger partial charge >= 0.3 is 5.97 Å². The Morgan fingerprint density at radius 2 is 2.05 bits per heavy atom. The van der Waals surface area contributed by atoms with Crippen molar-refractivity contribution in [2.75, 3.05) is 14.1 Å². The second-order valence-electron chi connectivity index (χ2n) is 4.19. The fourth-order valence-electron chi connectivity index (χ4n) is 1.39. The molecule has 2 heterocycles. The smallest absolute Gasteiger partial charge is 0.348 e. The summed E-state index contributed by atoms with van der Waals surface area (Å²) in [5, 5.41) is -0.183. The van der Waals surface area contributed by atoms with Crippen LogP contribution in [0, 0.1) is 0 Å². The van der Waals surface area contributed by atoms with Gasteiger partial charge in [0.05, 0.1) is 3.79 Å². The van der Waals surface area contributed by atoms with Gasteiger partial charge in [-0.15, -0.1) is 11.3 Å². The molecule has 2 aromatic rings. The molecule has 2 rings (SSSR count). The molecular formula is C12H12BrNO5S2. The van der Waals surface area contributed by atoms with Gasteiger partial charge in [0.1, 0.15) is 17.2 Å². The van der Waals surface area contributed by atoms with Crippen LogP contribution in [0.3, 0.4) is 0 Å². The van der Waals surface area contributed by atoms with Crippen LogP contribution in [0.15, 0.2) is 37.6 Å². The molecule has 0 atom stereocenters. The van der Waals surface area contributed by atoms with Crippen LogP contribution in [0.4, 0.5) is 0 Å². The summed E-state index contributed by atoms with van der Waals surface area (Å²) < 4.78 is 35.8. The van der Waals surface area contributed by atoms with Gasteiger partial charge in [0.2, 0.25) is 5.09 Å². The molecular weight excluding hydrogens is 382 g/mol. The average Bonchev–Trinajstić information content (AvgIpc) is 3.04. The van der Waals surface area contributed by atoms with Crippen LogP contribution in [-0.4, -0.2) is 32.8 Å². The lowest BCUT2D eigenvalue weighted by atomic mass is 10.4. The molecule has 0 aromatic carbocycles. The number of esters is 1. The third-order valence-electron chi connectivity index (χ3n) is 2.49. The quantitative estimate of drug-likeness (QED) is 0.729. The minimum Gasteiger partial charge on any atom is -0.453 e.